The summed E-state index contributed by atoms with van der Waals surface area (Å²) in [6, 6.07) is 11.1. The Balaban J connectivity index is 1.75. The minimum Gasteiger partial charge on any atom is -0.478 e. The van der Waals surface area contributed by atoms with Crippen molar-refractivity contribution < 1.29 is 14.7 Å². The van der Waals surface area contributed by atoms with Crippen molar-refractivity contribution in [3.8, 4) is 11.1 Å². The molecule has 0 aliphatic heterocycles. The minimum atomic E-state index is -1.00. The smallest absolute Gasteiger partial charge is 0.328 e. The van der Waals surface area contributed by atoms with E-state index >= 15 is 0 Å². The Hall–Kier alpha value is -4.00. The maximum atomic E-state index is 12.9. The van der Waals surface area contributed by atoms with Crippen LogP contribution >= 0.6 is 0 Å². The molecule has 7 heteroatoms. The number of carboxylic acids is 1. The van der Waals surface area contributed by atoms with Gasteiger partial charge in [-0.25, -0.2) is 9.78 Å². The number of nitrogens with one attached hydrogen (secondary N) is 1. The monoisotopic (exact) mass is 386 g/mol. The Kier molecular flexibility index (Phi) is 4.56. The molecule has 29 heavy (non-hydrogen) atoms. The lowest BCUT2D eigenvalue weighted by Crippen LogP contribution is -2.03. The number of hydrogen-bond acceptors (Lipinski definition) is 4. The number of carboxylic acid groups (broad SMARTS) is 1. The van der Waals surface area contributed by atoms with Crippen LogP contribution in [0.15, 0.2) is 54.9 Å². The Labute approximate surface area is 166 Å². The zero-order valence-corrected chi connectivity index (χ0v) is 15.9. The van der Waals surface area contributed by atoms with E-state index in [9.17, 15) is 9.59 Å². The van der Waals surface area contributed by atoms with Crippen molar-refractivity contribution in [1.29, 1.82) is 0 Å². The van der Waals surface area contributed by atoms with Gasteiger partial charge < -0.3 is 10.1 Å². The van der Waals surface area contributed by atoms with Crippen LogP contribution in [0.5, 0.6) is 0 Å². The van der Waals surface area contributed by atoms with Crippen LogP contribution in [0.4, 0.5) is 0 Å². The van der Waals surface area contributed by atoms with Gasteiger partial charge in [0.15, 0.2) is 0 Å². The molecular formula is C22H18N4O3. The predicted molar refractivity (Wildman–Crippen MR) is 110 cm³/mol. The van der Waals surface area contributed by atoms with Crippen LogP contribution < -0.4 is 0 Å². The van der Waals surface area contributed by atoms with Crippen LogP contribution in [-0.2, 0) is 11.8 Å². The van der Waals surface area contributed by atoms with E-state index in [1.165, 1.54) is 6.08 Å². The summed E-state index contributed by atoms with van der Waals surface area (Å²) in [4.78, 5) is 31.2. The van der Waals surface area contributed by atoms with Gasteiger partial charge >= 0.3 is 5.97 Å². The van der Waals surface area contributed by atoms with Gasteiger partial charge in [0.25, 0.3) is 0 Å². The number of rotatable bonds is 5. The quantitative estimate of drug-likeness (QED) is 0.403. The summed E-state index contributed by atoms with van der Waals surface area (Å²) in [5.41, 5.74) is 4.88. The maximum Gasteiger partial charge on any atom is 0.328 e. The number of benzene rings is 1. The highest BCUT2D eigenvalue weighted by molar-refractivity contribution is 6.15. The van der Waals surface area contributed by atoms with Crippen LogP contribution in [-0.4, -0.2) is 36.6 Å². The van der Waals surface area contributed by atoms with Crippen LogP contribution in [0, 0.1) is 6.92 Å². The largest absolute Gasteiger partial charge is 0.478 e. The second-order valence-electron chi connectivity index (χ2n) is 6.74. The number of carbonyl (C=O) groups excluding carboxylic acids is 1. The Bertz CT molecular complexity index is 1260. The van der Waals surface area contributed by atoms with Crippen LogP contribution in [0.1, 0.15) is 27.3 Å². The molecule has 0 aliphatic rings. The molecule has 4 rings (SSSR count). The van der Waals surface area contributed by atoms with Crippen molar-refractivity contribution in [1.82, 2.24) is 19.7 Å². The van der Waals surface area contributed by atoms with E-state index in [0.29, 0.717) is 22.3 Å². The lowest BCUT2D eigenvalue weighted by atomic mass is 10.0. The predicted octanol–water partition coefficient (Wildman–Crippen LogP) is 3.60. The molecule has 0 saturated carbocycles. The van der Waals surface area contributed by atoms with E-state index in [1.54, 1.807) is 30.2 Å². The number of ketones is 1. The number of aliphatic carboxylic acids is 1. The molecule has 0 radical (unpaired) electrons. The molecule has 4 aromatic rings. The van der Waals surface area contributed by atoms with Gasteiger partial charge in [-0.05, 0) is 42.3 Å². The molecule has 0 fully saturated rings. The number of hydrogen-bond donors (Lipinski definition) is 2. The van der Waals surface area contributed by atoms with Crippen molar-refractivity contribution in [2.24, 2.45) is 7.05 Å². The second kappa shape index (κ2) is 7.20. The first-order valence-electron chi connectivity index (χ1n) is 8.96. The first-order chi connectivity index (χ1) is 13.9. The summed E-state index contributed by atoms with van der Waals surface area (Å²) in [6.45, 7) is 1.89. The molecule has 0 amide bonds. The number of fused-ring (bicyclic) bond motifs is 1. The Morgan fingerprint density at radius 2 is 2.00 bits per heavy atom. The molecule has 0 unspecified atom stereocenters. The van der Waals surface area contributed by atoms with Gasteiger partial charge in [-0.3, -0.25) is 9.48 Å². The van der Waals surface area contributed by atoms with E-state index < -0.39 is 5.97 Å². The summed E-state index contributed by atoms with van der Waals surface area (Å²) in [6.07, 6.45) is 6.00. The minimum absolute atomic E-state index is 0.169. The van der Waals surface area contributed by atoms with Crippen LogP contribution in [0.25, 0.3) is 28.2 Å². The van der Waals surface area contributed by atoms with Gasteiger partial charge in [-0.2, -0.15) is 5.10 Å². The van der Waals surface area contributed by atoms with Crippen molar-refractivity contribution in [2.75, 3.05) is 0 Å². The average molecular weight is 386 g/mol. The highest BCUT2D eigenvalue weighted by atomic mass is 16.4. The normalized spacial score (nSPS) is 11.4. The van der Waals surface area contributed by atoms with Crippen molar-refractivity contribution in [3.63, 3.8) is 0 Å². The number of aromatic amines is 1. The molecule has 0 bridgehead atoms. The lowest BCUT2D eigenvalue weighted by Gasteiger charge is -2.04. The molecule has 2 N–H and O–H groups in total. The fraction of sp³-hybridized carbons (Fsp3) is 0.0909. The van der Waals surface area contributed by atoms with Gasteiger partial charge in [0.1, 0.15) is 11.3 Å². The Morgan fingerprint density at radius 3 is 2.72 bits per heavy atom. The fourth-order valence-corrected chi connectivity index (χ4v) is 3.15. The number of aromatic nitrogens is 4. The summed E-state index contributed by atoms with van der Waals surface area (Å²) in [5.74, 6) is -1.17. The molecule has 0 atom stereocenters. The highest BCUT2D eigenvalue weighted by Crippen LogP contribution is 2.27. The maximum absolute atomic E-state index is 12.9. The summed E-state index contributed by atoms with van der Waals surface area (Å²) in [7, 11) is 1.80. The summed E-state index contributed by atoms with van der Waals surface area (Å²) < 4.78 is 1.67. The molecular weight excluding hydrogens is 368 g/mol. The van der Waals surface area contributed by atoms with Crippen molar-refractivity contribution in [3.05, 3.63) is 77.4 Å². The van der Waals surface area contributed by atoms with Crippen molar-refractivity contribution >= 4 is 28.9 Å². The third-order valence-corrected chi connectivity index (χ3v) is 4.76. The zero-order valence-electron chi connectivity index (χ0n) is 15.9. The summed E-state index contributed by atoms with van der Waals surface area (Å²) in [5, 5.41) is 13.8. The number of pyridine rings is 1. The molecule has 1 aromatic carbocycles. The van der Waals surface area contributed by atoms with Gasteiger partial charge in [0.2, 0.25) is 5.78 Å². The third kappa shape index (κ3) is 3.58. The topological polar surface area (TPSA) is 101 Å². The van der Waals surface area contributed by atoms with Gasteiger partial charge in [0.05, 0.1) is 5.56 Å². The number of H-pyrrole nitrogens is 1. The highest BCUT2D eigenvalue weighted by Gasteiger charge is 2.18. The van der Waals surface area contributed by atoms with Crippen LogP contribution in [0.3, 0.4) is 0 Å². The molecule has 3 aromatic heterocycles. The molecule has 3 heterocycles. The third-order valence-electron chi connectivity index (χ3n) is 4.76. The number of carbonyl (C=O) groups is 2. The molecule has 0 saturated heterocycles. The van der Waals surface area contributed by atoms with E-state index in [1.807, 2.05) is 37.3 Å². The Morgan fingerprint density at radius 1 is 1.17 bits per heavy atom. The molecule has 0 aliphatic carbocycles. The number of aryl methyl sites for hydroxylation is 2. The first kappa shape index (κ1) is 18.4. The SMILES string of the molecule is Cc1cc(C(=O)c2c[nH]c3ncc(-c4cccc(/C=C/C(=O)O)c4)cc23)nn1C. The molecule has 144 valence electrons. The van der Waals surface area contributed by atoms with E-state index in [2.05, 4.69) is 15.1 Å². The van der Waals surface area contributed by atoms with Crippen LogP contribution in [0.2, 0.25) is 0 Å². The molecule has 0 spiro atoms. The standard InChI is InChI=1S/C22H18N4O3/c1-13-8-19(25-26(13)2)21(29)18-12-24-22-17(18)10-16(11-23-22)15-5-3-4-14(9-15)6-7-20(27)28/h3-12H,1-2H3,(H,23,24)(H,27,28)/b7-6+. The zero-order chi connectivity index (χ0) is 20.5. The van der Waals surface area contributed by atoms with Gasteiger partial charge in [-0.15, -0.1) is 0 Å². The second-order valence-corrected chi connectivity index (χ2v) is 6.74. The lowest BCUT2D eigenvalue weighted by molar-refractivity contribution is -0.131. The molecule has 7 nitrogen and oxygen atoms in total. The van der Waals surface area contributed by atoms with E-state index in [-0.39, 0.29) is 5.78 Å². The van der Waals surface area contributed by atoms with Gasteiger partial charge in [0, 0.05) is 42.2 Å². The fourth-order valence-electron chi connectivity index (χ4n) is 3.15. The van der Waals surface area contributed by atoms with E-state index in [0.717, 1.165) is 28.5 Å². The average Bonchev–Trinajstić information content (AvgIpc) is 3.29. The van der Waals surface area contributed by atoms with Gasteiger partial charge in [-0.1, -0.05) is 18.2 Å². The first-order valence-corrected chi connectivity index (χ1v) is 8.96. The van der Waals surface area contributed by atoms with Crippen molar-refractivity contribution in [2.45, 2.75) is 6.92 Å². The number of nitrogens with zero attached hydrogens (tertiary/aromatic N) is 3. The van der Waals surface area contributed by atoms with E-state index in [4.69, 9.17) is 5.11 Å². The summed E-state index contributed by atoms with van der Waals surface area (Å²) >= 11 is 0.